The van der Waals surface area contributed by atoms with E-state index in [4.69, 9.17) is 0 Å². The van der Waals surface area contributed by atoms with Crippen LogP contribution in [0.4, 0.5) is 11.4 Å². The lowest BCUT2D eigenvalue weighted by Gasteiger charge is -2.24. The molecule has 0 saturated carbocycles. The first-order valence-corrected chi connectivity index (χ1v) is 17.6. The first kappa shape index (κ1) is 34.7. The van der Waals surface area contributed by atoms with E-state index >= 15 is 0 Å². The van der Waals surface area contributed by atoms with E-state index < -0.39 is 0 Å². The van der Waals surface area contributed by atoms with E-state index in [2.05, 4.69) is 132 Å². The molecular formula is C42H54N4. The summed E-state index contributed by atoms with van der Waals surface area (Å²) in [6, 6.07) is 26.2. The first-order valence-electron chi connectivity index (χ1n) is 17.6. The van der Waals surface area contributed by atoms with Gasteiger partial charge in [0.15, 0.2) is 0 Å². The van der Waals surface area contributed by atoms with Crippen molar-refractivity contribution in [2.75, 3.05) is 36.0 Å². The number of pyridine rings is 2. The Kier molecular flexibility index (Phi) is 14.6. The molecule has 4 aromatic rings. The molecule has 0 N–H and O–H groups in total. The number of hydrogen-bond donors (Lipinski definition) is 0. The van der Waals surface area contributed by atoms with Crippen molar-refractivity contribution >= 4 is 35.7 Å². The number of aromatic nitrogens is 2. The van der Waals surface area contributed by atoms with Gasteiger partial charge in [-0.1, -0.05) is 102 Å². The predicted octanol–water partition coefficient (Wildman–Crippen LogP) is 11.3. The predicted molar refractivity (Wildman–Crippen MR) is 202 cm³/mol. The summed E-state index contributed by atoms with van der Waals surface area (Å²) in [5.41, 5.74) is 8.99. The van der Waals surface area contributed by atoms with Gasteiger partial charge in [-0.15, -0.1) is 0 Å². The highest BCUT2D eigenvalue weighted by atomic mass is 15.1. The zero-order valence-electron chi connectivity index (χ0n) is 28.7. The Morgan fingerprint density at radius 2 is 0.761 bits per heavy atom. The van der Waals surface area contributed by atoms with Gasteiger partial charge < -0.3 is 9.80 Å². The molecule has 0 fully saturated rings. The van der Waals surface area contributed by atoms with Gasteiger partial charge >= 0.3 is 0 Å². The molecule has 0 aliphatic carbocycles. The molecule has 4 rings (SSSR count). The van der Waals surface area contributed by atoms with E-state index in [1.807, 2.05) is 24.5 Å². The van der Waals surface area contributed by atoms with Crippen LogP contribution in [-0.4, -0.2) is 36.1 Å². The summed E-state index contributed by atoms with van der Waals surface area (Å²) in [4.78, 5) is 14.3. The zero-order chi connectivity index (χ0) is 32.4. The molecule has 0 saturated heterocycles. The van der Waals surface area contributed by atoms with Crippen LogP contribution in [0.3, 0.4) is 0 Å². The summed E-state index contributed by atoms with van der Waals surface area (Å²) in [6.07, 6.45) is 22.2. The van der Waals surface area contributed by atoms with Gasteiger partial charge in [-0.3, -0.25) is 9.97 Å². The normalized spacial score (nSPS) is 11.5. The van der Waals surface area contributed by atoms with Gasteiger partial charge in [-0.05, 0) is 96.5 Å². The van der Waals surface area contributed by atoms with Crippen LogP contribution in [0.1, 0.15) is 101 Å². The van der Waals surface area contributed by atoms with Crippen LogP contribution in [0.2, 0.25) is 0 Å². The van der Waals surface area contributed by atoms with Gasteiger partial charge in [0.1, 0.15) is 0 Å². The molecule has 46 heavy (non-hydrogen) atoms. The van der Waals surface area contributed by atoms with Crippen molar-refractivity contribution in [2.45, 2.75) is 79.1 Å². The molecule has 242 valence electrons. The molecule has 0 bridgehead atoms. The van der Waals surface area contributed by atoms with Crippen molar-refractivity contribution < 1.29 is 0 Å². The second-order valence-corrected chi connectivity index (χ2v) is 12.2. The lowest BCUT2D eigenvalue weighted by Crippen LogP contribution is -2.25. The maximum Gasteiger partial charge on any atom is 0.0892 e. The molecule has 2 heterocycles. The summed E-state index contributed by atoms with van der Waals surface area (Å²) < 4.78 is 0. The smallest absolute Gasteiger partial charge is 0.0892 e. The number of anilines is 2. The second-order valence-electron chi connectivity index (χ2n) is 12.2. The molecular weight excluding hydrogens is 560 g/mol. The van der Waals surface area contributed by atoms with E-state index in [9.17, 15) is 0 Å². The van der Waals surface area contributed by atoms with Gasteiger partial charge in [0, 0.05) is 49.9 Å². The number of rotatable bonds is 19. The summed E-state index contributed by atoms with van der Waals surface area (Å²) in [7, 11) is 0. The van der Waals surface area contributed by atoms with Crippen molar-refractivity contribution in [3.05, 3.63) is 107 Å². The lowest BCUT2D eigenvalue weighted by atomic mass is 10.1. The summed E-state index contributed by atoms with van der Waals surface area (Å²) in [5.74, 6) is 0. The standard InChI is InChI=1S/C42H54N4/c1-5-9-29-45(30-10-6-2)39-21-17-35(18-22-39)13-15-37-25-27-43-41(33-37)42-34-38(26-28-44-42)16-14-36-19-23-40(24-20-36)46(31-11-7-3)32-12-8-4/h13-28,33-34H,5-12,29-32H2,1-4H3/b15-13+,16-14+. The summed E-state index contributed by atoms with van der Waals surface area (Å²) >= 11 is 0. The minimum absolute atomic E-state index is 0.874. The van der Waals surface area contributed by atoms with E-state index in [-0.39, 0.29) is 0 Å². The van der Waals surface area contributed by atoms with Gasteiger partial charge in [0.25, 0.3) is 0 Å². The van der Waals surface area contributed by atoms with Crippen LogP contribution in [0.5, 0.6) is 0 Å². The molecule has 0 aliphatic heterocycles. The van der Waals surface area contributed by atoms with Crippen LogP contribution < -0.4 is 9.80 Å². The van der Waals surface area contributed by atoms with Crippen molar-refractivity contribution in [2.24, 2.45) is 0 Å². The Balaban J connectivity index is 1.41. The van der Waals surface area contributed by atoms with E-state index in [0.717, 1.165) is 48.7 Å². The maximum atomic E-state index is 4.64. The summed E-state index contributed by atoms with van der Waals surface area (Å²) in [6.45, 7) is 13.5. The number of benzene rings is 2. The Bertz CT molecular complexity index is 1360. The Morgan fingerprint density at radius 3 is 1.09 bits per heavy atom. The van der Waals surface area contributed by atoms with Gasteiger partial charge in [-0.25, -0.2) is 0 Å². The van der Waals surface area contributed by atoms with E-state index in [0.29, 0.717) is 0 Å². The topological polar surface area (TPSA) is 32.3 Å². The Labute approximate surface area is 278 Å². The lowest BCUT2D eigenvalue weighted by molar-refractivity contribution is 0.678. The minimum atomic E-state index is 0.874. The Morgan fingerprint density at radius 1 is 0.435 bits per heavy atom. The third-order valence-electron chi connectivity index (χ3n) is 8.41. The fraction of sp³-hybridized carbons (Fsp3) is 0.381. The van der Waals surface area contributed by atoms with Crippen molar-refractivity contribution in [3.63, 3.8) is 0 Å². The molecule has 2 aromatic heterocycles. The number of hydrogen-bond acceptors (Lipinski definition) is 4. The number of unbranched alkanes of at least 4 members (excludes halogenated alkanes) is 4. The first-order chi connectivity index (χ1) is 22.6. The average Bonchev–Trinajstić information content (AvgIpc) is 3.11. The van der Waals surface area contributed by atoms with Gasteiger partial charge in [0.05, 0.1) is 11.4 Å². The largest absolute Gasteiger partial charge is 0.372 e. The monoisotopic (exact) mass is 614 g/mol. The molecule has 0 amide bonds. The van der Waals surface area contributed by atoms with E-state index in [1.54, 1.807) is 0 Å². The quantitative estimate of drug-likeness (QED) is 0.105. The van der Waals surface area contributed by atoms with Crippen LogP contribution in [0, 0.1) is 0 Å². The third kappa shape index (κ3) is 11.0. The van der Waals surface area contributed by atoms with Crippen LogP contribution in [0.25, 0.3) is 35.7 Å². The highest BCUT2D eigenvalue weighted by Gasteiger charge is 2.07. The molecule has 4 nitrogen and oxygen atoms in total. The molecule has 0 unspecified atom stereocenters. The Hall–Kier alpha value is -4.18. The maximum absolute atomic E-state index is 4.64. The average molecular weight is 615 g/mol. The van der Waals surface area contributed by atoms with Gasteiger partial charge in [-0.2, -0.15) is 0 Å². The molecule has 2 aromatic carbocycles. The highest BCUT2D eigenvalue weighted by Crippen LogP contribution is 2.22. The van der Waals surface area contributed by atoms with Crippen LogP contribution in [0.15, 0.2) is 85.2 Å². The molecule has 4 heteroatoms. The van der Waals surface area contributed by atoms with Crippen molar-refractivity contribution in [3.8, 4) is 11.4 Å². The molecule has 0 atom stereocenters. The van der Waals surface area contributed by atoms with E-state index in [1.165, 1.54) is 73.9 Å². The van der Waals surface area contributed by atoms with Crippen molar-refractivity contribution in [1.29, 1.82) is 0 Å². The molecule has 0 aliphatic rings. The third-order valence-corrected chi connectivity index (χ3v) is 8.41. The SMILES string of the molecule is CCCCN(CCCC)c1ccc(/C=C/c2ccnc(-c3cc(/C=C/c4ccc(N(CCCC)CCCC)cc4)ccn3)c2)cc1. The summed E-state index contributed by atoms with van der Waals surface area (Å²) in [5, 5.41) is 0. The second kappa shape index (κ2) is 19.4. The fourth-order valence-corrected chi connectivity index (χ4v) is 5.49. The van der Waals surface area contributed by atoms with Gasteiger partial charge in [0.2, 0.25) is 0 Å². The van der Waals surface area contributed by atoms with Crippen molar-refractivity contribution in [1.82, 2.24) is 9.97 Å². The van der Waals surface area contributed by atoms with Crippen LogP contribution in [-0.2, 0) is 0 Å². The minimum Gasteiger partial charge on any atom is -0.372 e. The zero-order valence-corrected chi connectivity index (χ0v) is 28.7. The fourth-order valence-electron chi connectivity index (χ4n) is 5.49. The molecule has 0 radical (unpaired) electrons. The molecule has 0 spiro atoms. The highest BCUT2D eigenvalue weighted by molar-refractivity contribution is 5.74. The number of nitrogens with zero attached hydrogens (tertiary/aromatic N) is 4. The van der Waals surface area contributed by atoms with Crippen LogP contribution >= 0.6 is 0 Å².